The summed E-state index contributed by atoms with van der Waals surface area (Å²) in [6, 6.07) is 0. The molecule has 1 aromatic heterocycles. The van der Waals surface area contributed by atoms with Crippen molar-refractivity contribution in [2.75, 3.05) is 36.0 Å². The number of rotatable bonds is 3. The summed E-state index contributed by atoms with van der Waals surface area (Å²) >= 11 is 0. The van der Waals surface area contributed by atoms with Crippen LogP contribution in [0.15, 0.2) is 6.20 Å². The SMILES string of the molecule is O=C(O)c1nc(N2CCC2)cnc1N1CCC1. The van der Waals surface area contributed by atoms with Crippen LogP contribution in [0, 0.1) is 0 Å². The first-order chi connectivity index (χ1) is 8.25. The van der Waals surface area contributed by atoms with Crippen molar-refractivity contribution >= 4 is 17.6 Å². The normalized spacial score (nSPS) is 18.6. The Morgan fingerprint density at radius 2 is 1.82 bits per heavy atom. The molecule has 0 unspecified atom stereocenters. The maximum Gasteiger partial charge on any atom is 0.358 e. The lowest BCUT2D eigenvalue weighted by Gasteiger charge is -2.34. The van der Waals surface area contributed by atoms with Crippen molar-refractivity contribution in [3.63, 3.8) is 0 Å². The summed E-state index contributed by atoms with van der Waals surface area (Å²) in [5.41, 5.74) is 0.0779. The van der Waals surface area contributed by atoms with Crippen LogP contribution in [0.4, 0.5) is 11.6 Å². The molecule has 3 heterocycles. The summed E-state index contributed by atoms with van der Waals surface area (Å²) in [7, 11) is 0. The Bertz CT molecular complexity index is 455. The molecular formula is C11H14N4O2. The van der Waals surface area contributed by atoms with Gasteiger partial charge in [-0.25, -0.2) is 14.8 Å². The fourth-order valence-corrected chi connectivity index (χ4v) is 1.97. The minimum atomic E-state index is -0.998. The van der Waals surface area contributed by atoms with E-state index in [4.69, 9.17) is 0 Å². The van der Waals surface area contributed by atoms with E-state index in [2.05, 4.69) is 9.97 Å². The molecule has 6 nitrogen and oxygen atoms in total. The largest absolute Gasteiger partial charge is 0.476 e. The molecule has 17 heavy (non-hydrogen) atoms. The highest BCUT2D eigenvalue weighted by molar-refractivity contribution is 5.91. The number of carboxylic acid groups (broad SMARTS) is 1. The van der Waals surface area contributed by atoms with Crippen LogP contribution in [0.1, 0.15) is 23.3 Å². The highest BCUT2D eigenvalue weighted by Gasteiger charge is 2.26. The molecule has 2 aliphatic rings. The van der Waals surface area contributed by atoms with Crippen molar-refractivity contribution in [1.29, 1.82) is 0 Å². The molecule has 1 N–H and O–H groups in total. The molecule has 0 saturated carbocycles. The van der Waals surface area contributed by atoms with Crippen molar-refractivity contribution in [3.8, 4) is 0 Å². The Morgan fingerprint density at radius 1 is 1.18 bits per heavy atom. The number of nitrogens with zero attached hydrogens (tertiary/aromatic N) is 4. The van der Waals surface area contributed by atoms with Gasteiger partial charge < -0.3 is 14.9 Å². The molecule has 6 heteroatoms. The molecule has 1 aromatic rings. The first kappa shape index (κ1) is 10.3. The number of aromatic nitrogens is 2. The summed E-state index contributed by atoms with van der Waals surface area (Å²) in [5, 5.41) is 9.18. The van der Waals surface area contributed by atoms with Crippen LogP contribution in [0.2, 0.25) is 0 Å². The number of aromatic carboxylic acids is 1. The number of anilines is 2. The lowest BCUT2D eigenvalue weighted by molar-refractivity contribution is 0.0690. The van der Waals surface area contributed by atoms with Crippen LogP contribution in [0.5, 0.6) is 0 Å². The molecule has 0 radical (unpaired) electrons. The van der Waals surface area contributed by atoms with E-state index < -0.39 is 5.97 Å². The van der Waals surface area contributed by atoms with Crippen molar-refractivity contribution in [3.05, 3.63) is 11.9 Å². The number of carboxylic acids is 1. The molecule has 0 aromatic carbocycles. The van der Waals surface area contributed by atoms with Gasteiger partial charge in [-0.15, -0.1) is 0 Å². The highest BCUT2D eigenvalue weighted by atomic mass is 16.4. The quantitative estimate of drug-likeness (QED) is 0.825. The van der Waals surface area contributed by atoms with Crippen LogP contribution in [0.25, 0.3) is 0 Å². The second kappa shape index (κ2) is 3.87. The molecule has 2 aliphatic heterocycles. The van der Waals surface area contributed by atoms with Crippen LogP contribution in [-0.4, -0.2) is 47.2 Å². The third kappa shape index (κ3) is 1.69. The summed E-state index contributed by atoms with van der Waals surface area (Å²) in [5.74, 6) is 0.188. The zero-order chi connectivity index (χ0) is 11.8. The van der Waals surface area contributed by atoms with Gasteiger partial charge in [-0.3, -0.25) is 0 Å². The van der Waals surface area contributed by atoms with Crippen molar-refractivity contribution < 1.29 is 9.90 Å². The molecule has 0 bridgehead atoms. The van der Waals surface area contributed by atoms with Crippen molar-refractivity contribution in [1.82, 2.24) is 9.97 Å². The van der Waals surface area contributed by atoms with Gasteiger partial charge in [-0.1, -0.05) is 0 Å². The first-order valence-corrected chi connectivity index (χ1v) is 5.86. The van der Waals surface area contributed by atoms with E-state index in [9.17, 15) is 9.90 Å². The second-order valence-electron chi connectivity index (χ2n) is 4.39. The molecular weight excluding hydrogens is 220 g/mol. The van der Waals surface area contributed by atoms with E-state index in [1.807, 2.05) is 9.80 Å². The van der Waals surface area contributed by atoms with Gasteiger partial charge in [-0.05, 0) is 12.8 Å². The minimum Gasteiger partial charge on any atom is -0.476 e. The highest BCUT2D eigenvalue weighted by Crippen LogP contribution is 2.25. The minimum absolute atomic E-state index is 0.0779. The smallest absolute Gasteiger partial charge is 0.358 e. The first-order valence-electron chi connectivity index (χ1n) is 5.86. The standard InChI is InChI=1S/C11H14N4O2/c16-11(17)9-10(15-5-2-6-15)12-7-8(13-9)14-3-1-4-14/h7H,1-6H2,(H,16,17). The van der Waals surface area contributed by atoms with Crippen molar-refractivity contribution in [2.45, 2.75) is 12.8 Å². The topological polar surface area (TPSA) is 69.6 Å². The Hall–Kier alpha value is -1.85. The van der Waals surface area contributed by atoms with E-state index in [1.165, 1.54) is 0 Å². The van der Waals surface area contributed by atoms with Gasteiger partial charge in [-0.2, -0.15) is 0 Å². The summed E-state index contributed by atoms with van der Waals surface area (Å²) in [4.78, 5) is 23.7. The monoisotopic (exact) mass is 234 g/mol. The lowest BCUT2D eigenvalue weighted by atomic mass is 10.2. The van der Waals surface area contributed by atoms with Gasteiger partial charge in [0.2, 0.25) is 0 Å². The molecule has 2 saturated heterocycles. The molecule has 0 amide bonds. The third-order valence-corrected chi connectivity index (χ3v) is 3.28. The molecule has 3 rings (SSSR count). The molecule has 90 valence electrons. The fourth-order valence-electron chi connectivity index (χ4n) is 1.97. The Labute approximate surface area is 98.9 Å². The van der Waals surface area contributed by atoms with Crippen LogP contribution in [-0.2, 0) is 0 Å². The summed E-state index contributed by atoms with van der Waals surface area (Å²) in [6.45, 7) is 3.63. The average molecular weight is 234 g/mol. The Balaban J connectivity index is 1.95. The van der Waals surface area contributed by atoms with E-state index in [0.29, 0.717) is 11.6 Å². The van der Waals surface area contributed by atoms with E-state index in [1.54, 1.807) is 6.20 Å². The molecule has 0 atom stereocenters. The van der Waals surface area contributed by atoms with E-state index in [-0.39, 0.29) is 5.69 Å². The lowest BCUT2D eigenvalue weighted by Crippen LogP contribution is -2.40. The number of hydrogen-bond donors (Lipinski definition) is 1. The van der Waals surface area contributed by atoms with E-state index in [0.717, 1.165) is 39.0 Å². The van der Waals surface area contributed by atoms with Gasteiger partial charge >= 0.3 is 5.97 Å². The van der Waals surface area contributed by atoms with Gasteiger partial charge in [0.05, 0.1) is 6.20 Å². The summed E-state index contributed by atoms with van der Waals surface area (Å²) < 4.78 is 0. The maximum atomic E-state index is 11.2. The predicted octanol–water partition coefficient (Wildman–Crippen LogP) is 0.595. The van der Waals surface area contributed by atoms with Crippen molar-refractivity contribution in [2.24, 2.45) is 0 Å². The molecule has 2 fully saturated rings. The third-order valence-electron chi connectivity index (χ3n) is 3.28. The predicted molar refractivity (Wildman–Crippen MR) is 62.7 cm³/mol. The Kier molecular flexibility index (Phi) is 2.35. The number of carbonyl (C=O) groups is 1. The van der Waals surface area contributed by atoms with Gasteiger partial charge in [0.1, 0.15) is 5.82 Å². The van der Waals surface area contributed by atoms with Gasteiger partial charge in [0.25, 0.3) is 0 Å². The summed E-state index contributed by atoms with van der Waals surface area (Å²) in [6.07, 6.45) is 3.91. The van der Waals surface area contributed by atoms with Gasteiger partial charge in [0.15, 0.2) is 11.5 Å². The maximum absolute atomic E-state index is 11.2. The Morgan fingerprint density at radius 3 is 2.29 bits per heavy atom. The van der Waals surface area contributed by atoms with E-state index >= 15 is 0 Å². The average Bonchev–Trinajstić information content (AvgIpc) is 2.14. The van der Waals surface area contributed by atoms with Gasteiger partial charge in [0, 0.05) is 26.2 Å². The second-order valence-corrected chi connectivity index (χ2v) is 4.39. The van der Waals surface area contributed by atoms with Crippen LogP contribution in [0.3, 0.4) is 0 Å². The van der Waals surface area contributed by atoms with Crippen LogP contribution >= 0.6 is 0 Å². The number of hydrogen-bond acceptors (Lipinski definition) is 5. The molecule has 0 aliphatic carbocycles. The molecule has 0 spiro atoms. The fraction of sp³-hybridized carbons (Fsp3) is 0.545. The zero-order valence-corrected chi connectivity index (χ0v) is 9.46. The zero-order valence-electron chi connectivity index (χ0n) is 9.46. The van der Waals surface area contributed by atoms with Crippen LogP contribution < -0.4 is 9.80 Å².